The second-order valence-electron chi connectivity index (χ2n) is 6.80. The van der Waals surface area contributed by atoms with Gasteiger partial charge in [-0.15, -0.1) is 0 Å². The van der Waals surface area contributed by atoms with Crippen LogP contribution in [0.5, 0.6) is 5.75 Å². The Bertz CT molecular complexity index is 1120. The number of nitrogens with zero attached hydrogens (tertiary/aromatic N) is 1. The zero-order valence-corrected chi connectivity index (χ0v) is 17.8. The third-order valence-corrected chi connectivity index (χ3v) is 6.45. The van der Waals surface area contributed by atoms with Crippen molar-refractivity contribution in [2.75, 3.05) is 13.7 Å². The van der Waals surface area contributed by atoms with Crippen LogP contribution in [-0.2, 0) is 27.9 Å². The fourth-order valence-electron chi connectivity index (χ4n) is 3.02. The number of benzene rings is 3. The summed E-state index contributed by atoms with van der Waals surface area (Å²) in [6.45, 7) is -0.262. The summed E-state index contributed by atoms with van der Waals surface area (Å²) >= 11 is 0. The van der Waals surface area contributed by atoms with E-state index in [2.05, 4.69) is 5.32 Å². The van der Waals surface area contributed by atoms with Gasteiger partial charge in [0.15, 0.2) is 0 Å². The lowest BCUT2D eigenvalue weighted by Gasteiger charge is -2.22. The van der Waals surface area contributed by atoms with E-state index in [-0.39, 0.29) is 24.5 Å². The van der Waals surface area contributed by atoms with Gasteiger partial charge in [-0.25, -0.2) is 12.8 Å². The quantitative estimate of drug-likeness (QED) is 0.552. The Kier molecular flexibility index (Phi) is 7.38. The number of nitrogens with one attached hydrogen (secondary N) is 1. The summed E-state index contributed by atoms with van der Waals surface area (Å²) in [5.41, 5.74) is 1.34. The number of rotatable bonds is 9. The number of sulfonamides is 1. The zero-order valence-electron chi connectivity index (χ0n) is 17.0. The minimum absolute atomic E-state index is 0.0699. The first-order valence-corrected chi connectivity index (χ1v) is 11.0. The van der Waals surface area contributed by atoms with E-state index in [1.165, 1.54) is 43.5 Å². The van der Waals surface area contributed by atoms with Crippen LogP contribution in [0.2, 0.25) is 0 Å². The molecule has 0 aromatic heterocycles. The zero-order chi connectivity index (χ0) is 22.3. The number of ether oxygens (including phenoxy) is 1. The molecule has 0 aliphatic heterocycles. The molecule has 0 radical (unpaired) electrons. The van der Waals surface area contributed by atoms with Gasteiger partial charge in [0.25, 0.3) is 0 Å². The number of methoxy groups -OCH3 is 1. The van der Waals surface area contributed by atoms with Crippen molar-refractivity contribution in [2.24, 2.45) is 0 Å². The maximum Gasteiger partial charge on any atom is 0.243 e. The van der Waals surface area contributed by atoms with E-state index < -0.39 is 21.7 Å². The molecule has 3 aromatic carbocycles. The Hall–Kier alpha value is -3.23. The molecule has 0 atom stereocenters. The molecular weight excluding hydrogens is 419 g/mol. The Morgan fingerprint density at radius 2 is 1.61 bits per heavy atom. The molecule has 0 bridgehead atoms. The number of hydrogen-bond donors (Lipinski definition) is 1. The summed E-state index contributed by atoms with van der Waals surface area (Å²) < 4.78 is 45.9. The van der Waals surface area contributed by atoms with Crippen LogP contribution in [0.1, 0.15) is 11.1 Å². The van der Waals surface area contributed by atoms with Crippen LogP contribution in [0.15, 0.2) is 83.8 Å². The van der Waals surface area contributed by atoms with Gasteiger partial charge in [-0.3, -0.25) is 4.79 Å². The molecule has 0 saturated carbocycles. The SMILES string of the molecule is COc1ccccc1CNC(=O)CN(Cc1ccc(F)cc1)S(=O)(=O)c1ccccc1. The number of amides is 1. The minimum atomic E-state index is -3.95. The first-order chi connectivity index (χ1) is 14.9. The van der Waals surface area contributed by atoms with Crippen LogP contribution in [0, 0.1) is 5.82 Å². The summed E-state index contributed by atoms with van der Waals surface area (Å²) in [7, 11) is -2.41. The largest absolute Gasteiger partial charge is 0.496 e. The van der Waals surface area contributed by atoms with E-state index in [9.17, 15) is 17.6 Å². The fourth-order valence-corrected chi connectivity index (χ4v) is 4.43. The third kappa shape index (κ3) is 5.90. The lowest BCUT2D eigenvalue weighted by atomic mass is 10.2. The highest BCUT2D eigenvalue weighted by molar-refractivity contribution is 7.89. The van der Waals surface area contributed by atoms with Crippen molar-refractivity contribution in [3.8, 4) is 5.75 Å². The molecule has 1 amide bonds. The number of carbonyl (C=O) groups excluding carboxylic acids is 1. The molecule has 0 aliphatic carbocycles. The molecule has 3 aromatic rings. The topological polar surface area (TPSA) is 75.7 Å². The normalized spacial score (nSPS) is 11.3. The van der Waals surface area contributed by atoms with Crippen molar-refractivity contribution in [1.29, 1.82) is 0 Å². The fraction of sp³-hybridized carbons (Fsp3) is 0.174. The van der Waals surface area contributed by atoms with E-state index in [1.54, 1.807) is 24.3 Å². The number of carbonyl (C=O) groups is 1. The van der Waals surface area contributed by atoms with Crippen LogP contribution >= 0.6 is 0 Å². The number of hydrogen-bond acceptors (Lipinski definition) is 4. The predicted molar refractivity (Wildman–Crippen MR) is 115 cm³/mol. The second kappa shape index (κ2) is 10.2. The smallest absolute Gasteiger partial charge is 0.243 e. The summed E-state index contributed by atoms with van der Waals surface area (Å²) in [4.78, 5) is 12.7. The molecule has 162 valence electrons. The number of halogens is 1. The average molecular weight is 443 g/mol. The Labute approximate surface area is 181 Å². The standard InChI is InChI=1S/C23H23FN2O4S/c1-30-22-10-6-5-7-19(22)15-25-23(27)17-26(16-18-11-13-20(24)14-12-18)31(28,29)21-8-3-2-4-9-21/h2-14H,15-17H2,1H3,(H,25,27). The van der Waals surface area contributed by atoms with Crippen molar-refractivity contribution in [1.82, 2.24) is 9.62 Å². The van der Waals surface area contributed by atoms with E-state index in [0.717, 1.165) is 9.87 Å². The van der Waals surface area contributed by atoms with E-state index in [4.69, 9.17) is 4.74 Å². The van der Waals surface area contributed by atoms with Gasteiger partial charge >= 0.3 is 0 Å². The summed E-state index contributed by atoms with van der Waals surface area (Å²) in [5.74, 6) is -0.258. The first-order valence-electron chi connectivity index (χ1n) is 9.58. The van der Waals surface area contributed by atoms with Crippen LogP contribution in [-0.4, -0.2) is 32.3 Å². The maximum atomic E-state index is 13.3. The summed E-state index contributed by atoms with van der Waals surface area (Å²) in [6, 6.07) is 20.6. The van der Waals surface area contributed by atoms with Gasteiger partial charge in [-0.05, 0) is 35.9 Å². The molecule has 0 fully saturated rings. The Balaban J connectivity index is 1.78. The van der Waals surface area contributed by atoms with Crippen molar-refractivity contribution in [3.63, 3.8) is 0 Å². The predicted octanol–water partition coefficient (Wildman–Crippen LogP) is 3.34. The van der Waals surface area contributed by atoms with Gasteiger partial charge in [0.1, 0.15) is 11.6 Å². The van der Waals surface area contributed by atoms with Gasteiger partial charge in [-0.1, -0.05) is 48.5 Å². The molecule has 3 rings (SSSR count). The highest BCUT2D eigenvalue weighted by Crippen LogP contribution is 2.19. The minimum Gasteiger partial charge on any atom is -0.496 e. The van der Waals surface area contributed by atoms with Gasteiger partial charge in [0.2, 0.25) is 15.9 Å². The molecule has 1 N–H and O–H groups in total. The average Bonchev–Trinajstić information content (AvgIpc) is 2.79. The van der Waals surface area contributed by atoms with Gasteiger partial charge in [-0.2, -0.15) is 4.31 Å². The molecule has 0 spiro atoms. The molecule has 6 nitrogen and oxygen atoms in total. The van der Waals surface area contributed by atoms with Crippen molar-refractivity contribution >= 4 is 15.9 Å². The van der Waals surface area contributed by atoms with Crippen molar-refractivity contribution in [3.05, 3.63) is 95.8 Å². The summed E-state index contributed by atoms with van der Waals surface area (Å²) in [6.07, 6.45) is 0. The van der Waals surface area contributed by atoms with E-state index >= 15 is 0 Å². The highest BCUT2D eigenvalue weighted by atomic mass is 32.2. The monoisotopic (exact) mass is 442 g/mol. The molecule has 8 heteroatoms. The molecule has 0 unspecified atom stereocenters. The lowest BCUT2D eigenvalue weighted by Crippen LogP contribution is -2.40. The van der Waals surface area contributed by atoms with E-state index in [0.29, 0.717) is 11.3 Å². The van der Waals surface area contributed by atoms with Crippen molar-refractivity contribution < 1.29 is 22.3 Å². The Morgan fingerprint density at radius 1 is 0.968 bits per heavy atom. The molecule has 0 saturated heterocycles. The van der Waals surface area contributed by atoms with Gasteiger partial charge in [0, 0.05) is 18.7 Å². The van der Waals surface area contributed by atoms with Crippen LogP contribution in [0.3, 0.4) is 0 Å². The highest BCUT2D eigenvalue weighted by Gasteiger charge is 2.26. The van der Waals surface area contributed by atoms with Crippen molar-refractivity contribution in [2.45, 2.75) is 18.0 Å². The second-order valence-corrected chi connectivity index (χ2v) is 8.74. The van der Waals surface area contributed by atoms with Gasteiger partial charge in [0.05, 0.1) is 18.6 Å². The molecule has 31 heavy (non-hydrogen) atoms. The third-order valence-electron chi connectivity index (χ3n) is 4.64. The van der Waals surface area contributed by atoms with Gasteiger partial charge < -0.3 is 10.1 Å². The van der Waals surface area contributed by atoms with Crippen LogP contribution in [0.25, 0.3) is 0 Å². The van der Waals surface area contributed by atoms with E-state index in [1.807, 2.05) is 18.2 Å². The number of para-hydroxylation sites is 1. The lowest BCUT2D eigenvalue weighted by molar-refractivity contribution is -0.121. The first kappa shape index (κ1) is 22.5. The van der Waals surface area contributed by atoms with Crippen LogP contribution in [0.4, 0.5) is 4.39 Å². The molecule has 0 heterocycles. The molecular formula is C23H23FN2O4S. The maximum absolute atomic E-state index is 13.3. The van der Waals surface area contributed by atoms with Crippen LogP contribution < -0.4 is 10.1 Å². The Morgan fingerprint density at radius 3 is 2.29 bits per heavy atom. The molecule has 0 aliphatic rings. The summed E-state index contributed by atoms with van der Waals surface area (Å²) in [5, 5.41) is 2.74.